The molecular weight excluding hydrogens is 781 g/mol. The fourth-order valence-corrected chi connectivity index (χ4v) is 8.10. The van der Waals surface area contributed by atoms with Gasteiger partial charge < -0.3 is 28.5 Å². The van der Waals surface area contributed by atoms with Crippen LogP contribution in [0.15, 0.2) is 21.0 Å². The van der Waals surface area contributed by atoms with Crippen LogP contribution in [0.25, 0.3) is 0 Å². The van der Waals surface area contributed by atoms with E-state index in [-0.39, 0.29) is 32.0 Å². The van der Waals surface area contributed by atoms with Crippen molar-refractivity contribution in [3.05, 3.63) is 46.3 Å². The summed E-state index contributed by atoms with van der Waals surface area (Å²) >= 11 is 0. The second-order valence-corrected chi connectivity index (χ2v) is 18.2. The molecule has 2 aromatic rings. The van der Waals surface area contributed by atoms with Gasteiger partial charge in [0.25, 0.3) is 0 Å². The van der Waals surface area contributed by atoms with E-state index >= 15 is 0 Å². The highest BCUT2D eigenvalue weighted by Gasteiger charge is 2.26. The Morgan fingerprint density at radius 1 is 0.617 bits per heavy atom. The number of likely N-dealkylation sites (N-methyl/N-ethyl adjacent to an activating group) is 1. The number of phosphoric acid groups is 1. The minimum atomic E-state index is -4.37. The third-order valence-corrected chi connectivity index (χ3v) is 12.0. The first-order valence-corrected chi connectivity index (χ1v) is 25.3. The molecule has 0 aliphatic heterocycles. The predicted molar refractivity (Wildman–Crippen MR) is 240 cm³/mol. The van der Waals surface area contributed by atoms with Crippen molar-refractivity contribution in [2.24, 2.45) is 0 Å². The van der Waals surface area contributed by atoms with E-state index in [4.69, 9.17) is 27.4 Å². The summed E-state index contributed by atoms with van der Waals surface area (Å²) in [5.41, 5.74) is 2.55. The van der Waals surface area contributed by atoms with Gasteiger partial charge in [-0.15, -0.1) is 0 Å². The number of unbranched alkanes of at least 4 members (excludes halogenated alkanes) is 18. The summed E-state index contributed by atoms with van der Waals surface area (Å²) in [6.07, 6.45) is 27.9. The maximum Gasteiger partial charge on any atom is 0.472 e. The quantitative estimate of drug-likeness (QED) is 0.0375. The molecule has 2 rings (SSSR count). The number of carbonyl (C=O) groups is 2. The number of phosphoric ester groups is 1. The average Bonchev–Trinajstić information content (AvgIpc) is 3.76. The van der Waals surface area contributed by atoms with Crippen molar-refractivity contribution in [3.8, 4) is 0 Å². The molecule has 0 spiro atoms. The first-order valence-electron chi connectivity index (χ1n) is 23.8. The molecule has 2 atom stereocenters. The maximum atomic E-state index is 12.7. The fourth-order valence-electron chi connectivity index (χ4n) is 7.35. The summed E-state index contributed by atoms with van der Waals surface area (Å²) in [6, 6.07) is 4.41. The van der Waals surface area contributed by atoms with Crippen LogP contribution in [0.1, 0.15) is 202 Å². The maximum absolute atomic E-state index is 12.7. The molecule has 0 bridgehead atoms. The Morgan fingerprint density at radius 2 is 1.05 bits per heavy atom. The summed E-state index contributed by atoms with van der Waals surface area (Å²) in [5.74, 6) is 3.68. The Balaban J connectivity index is 1.57. The number of nitrogens with one attached hydrogen (secondary N) is 1. The molecule has 346 valence electrons. The number of hydrogen-bond acceptors (Lipinski definition) is 10. The zero-order chi connectivity index (χ0) is 43.7. The first kappa shape index (κ1) is 53.7. The summed E-state index contributed by atoms with van der Waals surface area (Å²) in [7, 11) is -2.68. The highest BCUT2D eigenvalue weighted by Crippen LogP contribution is 2.43. The van der Waals surface area contributed by atoms with E-state index in [1.165, 1.54) is 93.9 Å². The molecule has 60 heavy (non-hydrogen) atoms. The minimum absolute atomic E-state index is 0.0286. The van der Waals surface area contributed by atoms with Crippen molar-refractivity contribution in [3.63, 3.8) is 0 Å². The van der Waals surface area contributed by atoms with Crippen LogP contribution in [0.5, 0.6) is 0 Å². The van der Waals surface area contributed by atoms with Crippen LogP contribution in [0, 0.1) is 13.8 Å². The third kappa shape index (κ3) is 26.8. The van der Waals surface area contributed by atoms with Gasteiger partial charge in [-0.1, -0.05) is 117 Å². The minimum Gasteiger partial charge on any atom is -0.466 e. The SMILES string of the molecule is CCCCCc1cc(C)c(CCCCCCCCCCCCC(=O)OC[C@H](COP(=O)(O)OCCNC)OC(=O)CCCCCCCCc2oc(CCCCC)cc2C)o1. The number of aryl methyl sites for hydroxylation is 6. The van der Waals surface area contributed by atoms with Crippen LogP contribution in [-0.4, -0.2) is 56.3 Å². The largest absolute Gasteiger partial charge is 0.472 e. The Bertz CT molecular complexity index is 1440. The molecule has 12 heteroatoms. The lowest BCUT2D eigenvalue weighted by molar-refractivity contribution is -0.161. The van der Waals surface area contributed by atoms with Crippen molar-refractivity contribution in [1.82, 2.24) is 5.32 Å². The molecule has 0 saturated heterocycles. The lowest BCUT2D eigenvalue weighted by Gasteiger charge is -2.20. The van der Waals surface area contributed by atoms with Gasteiger partial charge in [-0.05, 0) is 82.7 Å². The van der Waals surface area contributed by atoms with Crippen molar-refractivity contribution < 1.29 is 46.4 Å². The van der Waals surface area contributed by atoms with Crippen LogP contribution in [0.2, 0.25) is 0 Å². The van der Waals surface area contributed by atoms with Gasteiger partial charge in [0.1, 0.15) is 29.6 Å². The number of rotatable bonds is 40. The van der Waals surface area contributed by atoms with Gasteiger partial charge in [-0.2, -0.15) is 0 Å². The average molecular weight is 866 g/mol. The molecule has 0 aliphatic rings. The van der Waals surface area contributed by atoms with E-state index in [0.717, 1.165) is 101 Å². The predicted octanol–water partition coefficient (Wildman–Crippen LogP) is 12.6. The highest BCUT2D eigenvalue weighted by atomic mass is 31.2. The molecule has 11 nitrogen and oxygen atoms in total. The number of carbonyl (C=O) groups excluding carboxylic acids is 2. The van der Waals surface area contributed by atoms with Gasteiger partial charge in [0, 0.05) is 45.1 Å². The van der Waals surface area contributed by atoms with Gasteiger partial charge in [0.15, 0.2) is 6.10 Å². The van der Waals surface area contributed by atoms with E-state index in [2.05, 4.69) is 45.1 Å². The molecule has 2 N–H and O–H groups in total. The number of esters is 2. The molecule has 0 aliphatic carbocycles. The van der Waals surface area contributed by atoms with Crippen molar-refractivity contribution >= 4 is 19.8 Å². The summed E-state index contributed by atoms with van der Waals surface area (Å²) in [4.78, 5) is 35.3. The van der Waals surface area contributed by atoms with Crippen molar-refractivity contribution in [2.45, 2.75) is 214 Å². The Hall–Kier alpha value is -2.43. The van der Waals surface area contributed by atoms with Gasteiger partial charge in [0.05, 0.1) is 13.2 Å². The molecule has 0 fully saturated rings. The third-order valence-electron chi connectivity index (χ3n) is 11.0. The molecule has 1 unspecified atom stereocenters. The Kier molecular flexibility index (Phi) is 30.5. The fraction of sp³-hybridized carbons (Fsp3) is 0.792. The number of furan rings is 2. The molecule has 0 amide bonds. The van der Waals surface area contributed by atoms with Crippen LogP contribution in [0.3, 0.4) is 0 Å². The highest BCUT2D eigenvalue weighted by molar-refractivity contribution is 7.47. The van der Waals surface area contributed by atoms with Gasteiger partial charge in [-0.25, -0.2) is 4.57 Å². The first-order chi connectivity index (χ1) is 29.1. The molecule has 2 aromatic heterocycles. The van der Waals surface area contributed by atoms with Crippen molar-refractivity contribution in [1.29, 1.82) is 0 Å². The second kappa shape index (κ2) is 34.1. The number of hydrogen-bond donors (Lipinski definition) is 2. The summed E-state index contributed by atoms with van der Waals surface area (Å²) < 4.78 is 45.6. The summed E-state index contributed by atoms with van der Waals surface area (Å²) in [6.45, 7) is 8.39. The lowest BCUT2D eigenvalue weighted by Crippen LogP contribution is -2.29. The molecular formula is C48H84NO10P. The standard InChI is InChI=1S/C48H84NO10P/c1-6-8-22-28-42-36-40(3)45(57-42)30-24-18-14-12-10-11-13-15-20-26-32-47(50)54-38-44(39-56-60(52,53)55-35-34-49-5)59-48(51)33-27-21-17-16-19-25-31-46-41(4)37-43(58-46)29-23-9-7-2/h36-37,44,49H,6-35,38-39H2,1-5H3,(H,52,53)/t44-/m1/s1. The van der Waals surface area contributed by atoms with Crippen LogP contribution < -0.4 is 5.32 Å². The monoisotopic (exact) mass is 866 g/mol. The van der Waals surface area contributed by atoms with E-state index < -0.39 is 26.5 Å². The normalized spacial score (nSPS) is 13.1. The molecule has 0 saturated carbocycles. The van der Waals surface area contributed by atoms with E-state index in [1.54, 1.807) is 7.05 Å². The zero-order valence-electron chi connectivity index (χ0n) is 38.4. The lowest BCUT2D eigenvalue weighted by atomic mass is 10.0. The van der Waals surface area contributed by atoms with Crippen LogP contribution in [-0.2, 0) is 58.4 Å². The molecule has 2 heterocycles. The molecule has 0 aromatic carbocycles. The van der Waals surface area contributed by atoms with E-state index in [1.807, 2.05) is 0 Å². The topological polar surface area (TPSA) is 147 Å². The Morgan fingerprint density at radius 3 is 1.52 bits per heavy atom. The van der Waals surface area contributed by atoms with E-state index in [0.29, 0.717) is 13.0 Å². The smallest absolute Gasteiger partial charge is 0.466 e. The molecule has 0 radical (unpaired) electrons. The van der Waals surface area contributed by atoms with Crippen LogP contribution >= 0.6 is 7.82 Å². The summed E-state index contributed by atoms with van der Waals surface area (Å²) in [5, 5.41) is 2.83. The number of ether oxygens (including phenoxy) is 2. The van der Waals surface area contributed by atoms with Gasteiger partial charge >= 0.3 is 19.8 Å². The van der Waals surface area contributed by atoms with Crippen molar-refractivity contribution in [2.75, 3.05) is 33.4 Å². The van der Waals surface area contributed by atoms with E-state index in [9.17, 15) is 19.0 Å². The van der Waals surface area contributed by atoms with Crippen LogP contribution in [0.4, 0.5) is 0 Å². The Labute approximate surface area is 363 Å². The van der Waals surface area contributed by atoms with Gasteiger partial charge in [0.2, 0.25) is 0 Å². The zero-order valence-corrected chi connectivity index (χ0v) is 39.3. The second-order valence-electron chi connectivity index (χ2n) is 16.7. The van der Waals surface area contributed by atoms with Gasteiger partial charge in [-0.3, -0.25) is 18.6 Å².